The van der Waals surface area contributed by atoms with E-state index in [0.717, 1.165) is 4.31 Å². The Kier molecular flexibility index (Phi) is 7.93. The minimum atomic E-state index is -4.00. The zero-order valence-corrected chi connectivity index (χ0v) is 20.6. The molecule has 0 aliphatic carbocycles. The molecule has 35 heavy (non-hydrogen) atoms. The van der Waals surface area contributed by atoms with Gasteiger partial charge in [-0.3, -0.25) is 13.9 Å². The molecule has 0 unspecified atom stereocenters. The summed E-state index contributed by atoms with van der Waals surface area (Å²) in [5, 5.41) is 5.41. The zero-order valence-electron chi connectivity index (χ0n) is 19.7. The van der Waals surface area contributed by atoms with Crippen molar-refractivity contribution in [3.8, 4) is 5.75 Å². The molecule has 0 aliphatic heterocycles. The number of sulfonamides is 1. The maximum atomic E-state index is 13.4. The number of methoxy groups -OCH3 is 1. The Balaban J connectivity index is 1.94. The van der Waals surface area contributed by atoms with Gasteiger partial charge in [-0.25, -0.2) is 8.42 Å². The van der Waals surface area contributed by atoms with Crippen LogP contribution in [-0.2, 0) is 10.0 Å². The number of benzene rings is 3. The fourth-order valence-corrected chi connectivity index (χ4v) is 4.66. The molecule has 8 nitrogen and oxygen atoms in total. The highest BCUT2D eigenvalue weighted by Gasteiger charge is 2.25. The Bertz CT molecular complexity index is 1370. The second kappa shape index (κ2) is 10.9. The van der Waals surface area contributed by atoms with Gasteiger partial charge in [0.05, 0.1) is 28.9 Å². The van der Waals surface area contributed by atoms with Gasteiger partial charge < -0.3 is 15.4 Å². The molecule has 0 saturated carbocycles. The molecule has 3 aromatic rings. The fraction of sp³-hybridized carbons (Fsp3) is 0.154. The average Bonchev–Trinajstić information content (AvgIpc) is 2.87. The summed E-state index contributed by atoms with van der Waals surface area (Å²) in [5.74, 6) is -0.509. The normalized spacial score (nSPS) is 10.8. The molecule has 0 heterocycles. The molecule has 0 bridgehead atoms. The topological polar surface area (TPSA) is 105 Å². The molecule has 0 radical (unpaired) electrons. The molecule has 3 aromatic carbocycles. The van der Waals surface area contributed by atoms with Crippen molar-refractivity contribution in [2.75, 3.05) is 30.3 Å². The first-order valence-corrected chi connectivity index (χ1v) is 12.2. The Morgan fingerprint density at radius 3 is 2.40 bits per heavy atom. The van der Waals surface area contributed by atoms with E-state index in [-0.39, 0.29) is 28.5 Å². The summed E-state index contributed by atoms with van der Waals surface area (Å²) in [7, 11) is -1.12. The van der Waals surface area contributed by atoms with Gasteiger partial charge in [0.15, 0.2) is 0 Å². The molecule has 3 rings (SSSR count). The van der Waals surface area contributed by atoms with Crippen molar-refractivity contribution in [1.82, 2.24) is 5.32 Å². The molecule has 2 N–H and O–H groups in total. The van der Waals surface area contributed by atoms with E-state index < -0.39 is 15.9 Å². The van der Waals surface area contributed by atoms with E-state index in [1.54, 1.807) is 67.6 Å². The first kappa shape index (κ1) is 25.5. The molecule has 0 atom stereocenters. The molecule has 0 spiro atoms. The Hall–Kier alpha value is -4.11. The Morgan fingerprint density at radius 2 is 1.69 bits per heavy atom. The highest BCUT2D eigenvalue weighted by Crippen LogP contribution is 2.31. The number of ether oxygens (including phenoxy) is 1. The van der Waals surface area contributed by atoms with Gasteiger partial charge in [-0.2, -0.15) is 0 Å². The van der Waals surface area contributed by atoms with Gasteiger partial charge >= 0.3 is 0 Å². The van der Waals surface area contributed by atoms with Crippen LogP contribution in [0.4, 0.5) is 11.4 Å². The number of hydrogen-bond acceptors (Lipinski definition) is 5. The van der Waals surface area contributed by atoms with Crippen LogP contribution >= 0.6 is 0 Å². The summed E-state index contributed by atoms with van der Waals surface area (Å²) in [6.07, 6.45) is 1.55. The summed E-state index contributed by atoms with van der Waals surface area (Å²) in [4.78, 5) is 25.6. The molecule has 0 aromatic heterocycles. The van der Waals surface area contributed by atoms with Gasteiger partial charge in [-0.15, -0.1) is 6.58 Å². The van der Waals surface area contributed by atoms with Gasteiger partial charge in [0.2, 0.25) is 0 Å². The average molecular weight is 494 g/mol. The summed E-state index contributed by atoms with van der Waals surface area (Å²) in [5.41, 5.74) is 1.69. The maximum absolute atomic E-state index is 13.4. The van der Waals surface area contributed by atoms with Crippen molar-refractivity contribution in [1.29, 1.82) is 0 Å². The van der Waals surface area contributed by atoms with Crippen LogP contribution in [0.2, 0.25) is 0 Å². The lowest BCUT2D eigenvalue weighted by atomic mass is 10.1. The largest absolute Gasteiger partial charge is 0.495 e. The minimum absolute atomic E-state index is 0.0568. The SMILES string of the molecule is C=CCNC(=O)c1ccccc1NC(=O)c1cc(S(=O)(=O)N(C)c2ccccc2OC)ccc1C. The van der Waals surface area contributed by atoms with Gasteiger partial charge in [0.25, 0.3) is 21.8 Å². The third-order valence-corrected chi connectivity index (χ3v) is 7.13. The third kappa shape index (κ3) is 5.52. The lowest BCUT2D eigenvalue weighted by molar-refractivity contribution is 0.0959. The summed E-state index contributed by atoms with van der Waals surface area (Å²) < 4.78 is 33.1. The van der Waals surface area contributed by atoms with Crippen LogP contribution in [0.3, 0.4) is 0 Å². The number of hydrogen-bond donors (Lipinski definition) is 2. The summed E-state index contributed by atoms with van der Waals surface area (Å²) in [6, 6.07) is 17.7. The van der Waals surface area contributed by atoms with E-state index in [1.165, 1.54) is 26.3 Å². The molecule has 2 amide bonds. The van der Waals surface area contributed by atoms with Crippen LogP contribution in [0.15, 0.2) is 84.3 Å². The first-order chi connectivity index (χ1) is 16.7. The standard InChI is InChI=1S/C26H27N3O5S/c1-5-16-27-25(30)20-10-6-7-11-22(20)28-26(31)21-17-19(15-14-18(21)2)35(32,33)29(3)23-12-8-9-13-24(23)34-4/h5-15,17H,1,16H2,2-4H3,(H,27,30)(H,28,31). The number of nitrogens with zero attached hydrogens (tertiary/aromatic N) is 1. The predicted molar refractivity (Wildman–Crippen MR) is 137 cm³/mol. The maximum Gasteiger partial charge on any atom is 0.264 e. The molecule has 0 saturated heterocycles. The monoisotopic (exact) mass is 493 g/mol. The van der Waals surface area contributed by atoms with Crippen molar-refractivity contribution >= 4 is 33.2 Å². The van der Waals surface area contributed by atoms with Crippen LogP contribution in [0.5, 0.6) is 5.75 Å². The molecule has 182 valence electrons. The first-order valence-electron chi connectivity index (χ1n) is 10.7. The summed E-state index contributed by atoms with van der Waals surface area (Å²) >= 11 is 0. The van der Waals surface area contributed by atoms with Crippen molar-refractivity contribution in [2.45, 2.75) is 11.8 Å². The molecular weight excluding hydrogens is 466 g/mol. The van der Waals surface area contributed by atoms with Crippen molar-refractivity contribution < 1.29 is 22.7 Å². The number of para-hydroxylation sites is 3. The smallest absolute Gasteiger partial charge is 0.264 e. The van der Waals surface area contributed by atoms with Crippen LogP contribution in [0, 0.1) is 6.92 Å². The molecule has 9 heteroatoms. The lowest BCUT2D eigenvalue weighted by Crippen LogP contribution is -2.27. The van der Waals surface area contributed by atoms with Crippen LogP contribution in [-0.4, -0.2) is 40.9 Å². The van der Waals surface area contributed by atoms with Gasteiger partial charge in [-0.05, 0) is 48.9 Å². The quantitative estimate of drug-likeness (QED) is 0.439. The van der Waals surface area contributed by atoms with Gasteiger partial charge in [0, 0.05) is 19.2 Å². The van der Waals surface area contributed by atoms with Crippen LogP contribution < -0.4 is 19.7 Å². The fourth-order valence-electron chi connectivity index (χ4n) is 3.42. The Morgan fingerprint density at radius 1 is 1.00 bits per heavy atom. The van der Waals surface area contributed by atoms with E-state index in [9.17, 15) is 18.0 Å². The number of anilines is 2. The van der Waals surface area contributed by atoms with E-state index in [2.05, 4.69) is 17.2 Å². The van der Waals surface area contributed by atoms with Crippen molar-refractivity contribution in [3.63, 3.8) is 0 Å². The second-order valence-corrected chi connectivity index (χ2v) is 9.59. The number of carbonyl (C=O) groups is 2. The van der Waals surface area contributed by atoms with Crippen LogP contribution in [0.25, 0.3) is 0 Å². The highest BCUT2D eigenvalue weighted by atomic mass is 32.2. The number of rotatable bonds is 9. The number of aryl methyl sites for hydroxylation is 1. The highest BCUT2D eigenvalue weighted by molar-refractivity contribution is 7.92. The van der Waals surface area contributed by atoms with Crippen molar-refractivity contribution in [3.05, 3.63) is 96.1 Å². The minimum Gasteiger partial charge on any atom is -0.495 e. The molecule has 0 fully saturated rings. The number of amides is 2. The van der Waals surface area contributed by atoms with Gasteiger partial charge in [0.1, 0.15) is 5.75 Å². The zero-order chi connectivity index (χ0) is 25.6. The number of carbonyl (C=O) groups excluding carboxylic acids is 2. The molecular formula is C26H27N3O5S. The van der Waals surface area contributed by atoms with E-state index >= 15 is 0 Å². The van der Waals surface area contributed by atoms with E-state index in [0.29, 0.717) is 22.7 Å². The van der Waals surface area contributed by atoms with Crippen molar-refractivity contribution in [2.24, 2.45) is 0 Å². The van der Waals surface area contributed by atoms with E-state index in [1.807, 2.05) is 0 Å². The molecule has 0 aliphatic rings. The van der Waals surface area contributed by atoms with Gasteiger partial charge in [-0.1, -0.05) is 36.4 Å². The summed E-state index contributed by atoms with van der Waals surface area (Å²) in [6.45, 7) is 5.56. The van der Waals surface area contributed by atoms with E-state index in [4.69, 9.17) is 4.74 Å². The number of nitrogens with one attached hydrogen (secondary N) is 2. The lowest BCUT2D eigenvalue weighted by Gasteiger charge is -2.22. The second-order valence-electron chi connectivity index (χ2n) is 7.62. The van der Waals surface area contributed by atoms with Crippen LogP contribution in [0.1, 0.15) is 26.3 Å². The Labute approximate surface area is 205 Å². The third-order valence-electron chi connectivity index (χ3n) is 5.36. The predicted octanol–water partition coefficient (Wildman–Crippen LogP) is 4.00.